The Morgan fingerprint density at radius 1 is 1.42 bits per heavy atom. The van der Waals surface area contributed by atoms with E-state index >= 15 is 0 Å². The zero-order valence-electron chi connectivity index (χ0n) is 10.9. The van der Waals surface area contributed by atoms with Gasteiger partial charge in [0.15, 0.2) is 0 Å². The summed E-state index contributed by atoms with van der Waals surface area (Å²) in [6.45, 7) is 1.18. The quantitative estimate of drug-likeness (QED) is 0.706. The second-order valence-corrected chi connectivity index (χ2v) is 6.64. The van der Waals surface area contributed by atoms with Gasteiger partial charge in [0.1, 0.15) is 5.76 Å². The molecule has 1 saturated carbocycles. The minimum absolute atomic E-state index is 0.0762. The van der Waals surface area contributed by atoms with Crippen molar-refractivity contribution in [2.75, 3.05) is 13.6 Å². The van der Waals surface area contributed by atoms with Crippen LogP contribution in [0.2, 0.25) is 0 Å². The molecule has 0 spiro atoms. The Balaban J connectivity index is 1.84. The Morgan fingerprint density at radius 3 is 2.84 bits per heavy atom. The van der Waals surface area contributed by atoms with Crippen molar-refractivity contribution in [2.24, 2.45) is 5.92 Å². The van der Waals surface area contributed by atoms with E-state index in [2.05, 4.69) is 10.0 Å². The van der Waals surface area contributed by atoms with Crippen LogP contribution in [-0.4, -0.2) is 33.2 Å². The molecule has 2 rings (SSSR count). The van der Waals surface area contributed by atoms with Crippen LogP contribution in [0.3, 0.4) is 0 Å². The fourth-order valence-corrected chi connectivity index (χ4v) is 3.00. The number of furan rings is 1. The van der Waals surface area contributed by atoms with E-state index < -0.39 is 10.0 Å². The van der Waals surface area contributed by atoms with Gasteiger partial charge in [0.05, 0.1) is 12.6 Å². The normalized spacial score (nSPS) is 23.9. The van der Waals surface area contributed by atoms with Gasteiger partial charge in [-0.05, 0) is 37.9 Å². The minimum atomic E-state index is -3.51. The van der Waals surface area contributed by atoms with Crippen molar-refractivity contribution in [3.63, 3.8) is 0 Å². The lowest BCUT2D eigenvalue weighted by Crippen LogP contribution is -2.27. The molecule has 19 heavy (non-hydrogen) atoms. The SMILES string of the molecule is CNS(=O)(=O)c1ccc(CNCC2CCCC2O)o1. The van der Waals surface area contributed by atoms with Crippen molar-refractivity contribution in [2.45, 2.75) is 37.0 Å². The van der Waals surface area contributed by atoms with E-state index in [0.29, 0.717) is 12.3 Å². The van der Waals surface area contributed by atoms with Gasteiger partial charge in [-0.25, -0.2) is 13.1 Å². The van der Waals surface area contributed by atoms with Gasteiger partial charge in [0, 0.05) is 6.54 Å². The summed E-state index contributed by atoms with van der Waals surface area (Å²) in [5, 5.41) is 12.8. The first-order chi connectivity index (χ1) is 9.03. The molecule has 0 aliphatic heterocycles. The zero-order valence-corrected chi connectivity index (χ0v) is 11.7. The lowest BCUT2D eigenvalue weighted by Gasteiger charge is -2.14. The van der Waals surface area contributed by atoms with Crippen molar-refractivity contribution in [1.82, 2.24) is 10.0 Å². The summed E-state index contributed by atoms with van der Waals surface area (Å²) >= 11 is 0. The number of aliphatic hydroxyl groups is 1. The lowest BCUT2D eigenvalue weighted by atomic mass is 10.1. The Kier molecular flexibility index (Phi) is 4.62. The third kappa shape index (κ3) is 3.56. The van der Waals surface area contributed by atoms with Crippen LogP contribution < -0.4 is 10.0 Å². The van der Waals surface area contributed by atoms with Gasteiger partial charge in [0.25, 0.3) is 10.0 Å². The average Bonchev–Trinajstić information content (AvgIpc) is 3.00. The smallest absolute Gasteiger partial charge is 0.273 e. The first-order valence-corrected chi connectivity index (χ1v) is 7.92. The first kappa shape index (κ1) is 14.5. The maximum absolute atomic E-state index is 11.5. The molecule has 0 bridgehead atoms. The molecule has 0 radical (unpaired) electrons. The maximum atomic E-state index is 11.5. The molecule has 0 saturated heterocycles. The van der Waals surface area contributed by atoms with E-state index in [1.165, 1.54) is 13.1 Å². The molecule has 1 heterocycles. The maximum Gasteiger partial charge on any atom is 0.273 e. The molecule has 2 atom stereocenters. The fraction of sp³-hybridized carbons (Fsp3) is 0.667. The summed E-state index contributed by atoms with van der Waals surface area (Å²) in [7, 11) is -2.17. The molecule has 1 aliphatic rings. The van der Waals surface area contributed by atoms with Gasteiger partial charge in [-0.1, -0.05) is 6.42 Å². The molecule has 1 aromatic heterocycles. The molecule has 1 aromatic rings. The first-order valence-electron chi connectivity index (χ1n) is 6.44. The number of nitrogens with one attached hydrogen (secondary N) is 2. The number of aliphatic hydroxyl groups excluding tert-OH is 1. The highest BCUT2D eigenvalue weighted by molar-refractivity contribution is 7.89. The van der Waals surface area contributed by atoms with E-state index in [-0.39, 0.29) is 17.1 Å². The van der Waals surface area contributed by atoms with Gasteiger partial charge in [0.2, 0.25) is 5.09 Å². The molecule has 1 aliphatic carbocycles. The molecule has 3 N–H and O–H groups in total. The third-order valence-corrected chi connectivity index (χ3v) is 4.78. The molecule has 6 nitrogen and oxygen atoms in total. The Bertz CT molecular complexity index is 512. The Morgan fingerprint density at radius 2 is 2.21 bits per heavy atom. The van der Waals surface area contributed by atoms with Gasteiger partial charge < -0.3 is 14.8 Å². The van der Waals surface area contributed by atoms with Crippen LogP contribution in [0.1, 0.15) is 25.0 Å². The topological polar surface area (TPSA) is 91.6 Å². The monoisotopic (exact) mass is 288 g/mol. The second kappa shape index (κ2) is 6.04. The van der Waals surface area contributed by atoms with Crippen molar-refractivity contribution in [1.29, 1.82) is 0 Å². The number of hydrogen-bond acceptors (Lipinski definition) is 5. The van der Waals surface area contributed by atoms with Crippen LogP contribution in [0.25, 0.3) is 0 Å². The van der Waals surface area contributed by atoms with E-state index in [9.17, 15) is 13.5 Å². The van der Waals surface area contributed by atoms with Crippen molar-refractivity contribution in [3.05, 3.63) is 17.9 Å². The molecular weight excluding hydrogens is 268 g/mol. The van der Waals surface area contributed by atoms with Gasteiger partial charge in [-0.2, -0.15) is 0 Å². The highest BCUT2D eigenvalue weighted by atomic mass is 32.2. The highest BCUT2D eigenvalue weighted by Gasteiger charge is 2.24. The number of hydrogen-bond donors (Lipinski definition) is 3. The number of sulfonamides is 1. The van der Waals surface area contributed by atoms with Crippen LogP contribution in [-0.2, 0) is 16.6 Å². The van der Waals surface area contributed by atoms with Gasteiger partial charge >= 0.3 is 0 Å². The van der Waals surface area contributed by atoms with Crippen LogP contribution in [0.15, 0.2) is 21.6 Å². The second-order valence-electron chi connectivity index (χ2n) is 4.82. The average molecular weight is 288 g/mol. The highest BCUT2D eigenvalue weighted by Crippen LogP contribution is 2.24. The molecule has 0 amide bonds. The summed E-state index contributed by atoms with van der Waals surface area (Å²) < 4.78 is 30.4. The van der Waals surface area contributed by atoms with Gasteiger partial charge in [-0.15, -0.1) is 0 Å². The summed E-state index contributed by atoms with van der Waals surface area (Å²) in [5.41, 5.74) is 0. The predicted molar refractivity (Wildman–Crippen MR) is 70.0 cm³/mol. The molecule has 7 heteroatoms. The van der Waals surface area contributed by atoms with Crippen LogP contribution in [0.5, 0.6) is 0 Å². The summed E-state index contributed by atoms with van der Waals surface area (Å²) in [5.74, 6) is 0.858. The van der Waals surface area contributed by atoms with Crippen LogP contribution in [0, 0.1) is 5.92 Å². The standard InChI is InChI=1S/C12H20N2O4S/c1-13-19(16,17)12-6-5-10(18-12)8-14-7-9-3-2-4-11(9)15/h5-6,9,11,13-15H,2-4,7-8H2,1H3. The van der Waals surface area contributed by atoms with Crippen LogP contribution in [0.4, 0.5) is 0 Å². The molecule has 2 unspecified atom stereocenters. The zero-order chi connectivity index (χ0) is 13.9. The van der Waals surface area contributed by atoms with E-state index in [1.54, 1.807) is 6.07 Å². The molecule has 108 valence electrons. The summed E-state index contributed by atoms with van der Waals surface area (Å²) in [6, 6.07) is 3.08. The van der Waals surface area contributed by atoms with E-state index in [4.69, 9.17) is 4.42 Å². The van der Waals surface area contributed by atoms with Crippen LogP contribution >= 0.6 is 0 Å². The molecule has 1 fully saturated rings. The fourth-order valence-electron chi connectivity index (χ4n) is 2.33. The minimum Gasteiger partial charge on any atom is -0.447 e. The lowest BCUT2D eigenvalue weighted by molar-refractivity contribution is 0.131. The molecule has 0 aromatic carbocycles. The van der Waals surface area contributed by atoms with E-state index in [0.717, 1.165) is 25.8 Å². The number of rotatable bonds is 6. The molecular formula is C12H20N2O4S. The van der Waals surface area contributed by atoms with Gasteiger partial charge in [-0.3, -0.25) is 0 Å². The van der Waals surface area contributed by atoms with E-state index in [1.807, 2.05) is 0 Å². The Hall–Kier alpha value is -0.890. The summed E-state index contributed by atoms with van der Waals surface area (Å²) in [6.07, 6.45) is 2.76. The Labute approximate surface area is 113 Å². The summed E-state index contributed by atoms with van der Waals surface area (Å²) in [4.78, 5) is 0. The largest absolute Gasteiger partial charge is 0.447 e. The predicted octanol–water partition coefficient (Wildman–Crippen LogP) is 0.438. The van der Waals surface area contributed by atoms with Crippen molar-refractivity contribution >= 4 is 10.0 Å². The van der Waals surface area contributed by atoms with Crippen molar-refractivity contribution in [3.8, 4) is 0 Å². The third-order valence-electron chi connectivity index (χ3n) is 3.50. The van der Waals surface area contributed by atoms with Crippen molar-refractivity contribution < 1.29 is 17.9 Å².